The molecule has 0 spiro atoms. The number of hydrogen-bond acceptors (Lipinski definition) is 7. The largest absolute Gasteiger partial charge is 0.394 e. The summed E-state index contributed by atoms with van der Waals surface area (Å²) in [6.07, 6.45) is 0.496. The van der Waals surface area contributed by atoms with Crippen LogP contribution in [-0.2, 0) is 20.8 Å². The molecular weight excluding hydrogens is 460 g/mol. The van der Waals surface area contributed by atoms with E-state index < -0.39 is 24.2 Å². The second-order valence-corrected chi connectivity index (χ2v) is 11.1. The van der Waals surface area contributed by atoms with Gasteiger partial charge in [0.15, 0.2) is 0 Å². The fraction of sp³-hybridized carbons (Fsp3) is 0.609. The summed E-state index contributed by atoms with van der Waals surface area (Å²) in [5, 5.41) is 15.7. The molecule has 0 aliphatic carbocycles. The first-order chi connectivity index (χ1) is 15.7. The van der Waals surface area contributed by atoms with Crippen molar-refractivity contribution in [2.24, 2.45) is 5.92 Å². The zero-order chi connectivity index (χ0) is 24.5. The van der Waals surface area contributed by atoms with Crippen LogP contribution in [0, 0.1) is 5.92 Å². The van der Waals surface area contributed by atoms with Crippen LogP contribution in [0.15, 0.2) is 30.3 Å². The van der Waals surface area contributed by atoms with Crippen molar-refractivity contribution in [3.63, 3.8) is 0 Å². The van der Waals surface area contributed by atoms with Gasteiger partial charge in [-0.25, -0.2) is 0 Å². The van der Waals surface area contributed by atoms with Crippen LogP contribution in [0.5, 0.6) is 0 Å². The number of aliphatic hydroxyl groups is 1. The molecule has 0 unspecified atom stereocenters. The summed E-state index contributed by atoms with van der Waals surface area (Å²) in [4.78, 5) is 42.4. The topological polar surface area (TPSA) is 102 Å². The van der Waals surface area contributed by atoms with Gasteiger partial charge in [-0.3, -0.25) is 14.4 Å². The van der Waals surface area contributed by atoms with Crippen LogP contribution in [0.25, 0.3) is 0 Å². The molecule has 0 aromatic heterocycles. The number of rotatable bonds is 9. The van der Waals surface area contributed by atoms with Crippen molar-refractivity contribution in [3.05, 3.63) is 35.9 Å². The number of likely N-dealkylation sites (N-methyl/N-ethyl adjacent to an activating group) is 3. The quantitative estimate of drug-likeness (QED) is 0.439. The van der Waals surface area contributed by atoms with Crippen LogP contribution in [0.2, 0.25) is 0 Å². The molecule has 4 atom stereocenters. The predicted molar refractivity (Wildman–Crippen MR) is 135 cm³/mol. The second-order valence-electron chi connectivity index (χ2n) is 8.59. The molecule has 184 valence electrons. The average Bonchev–Trinajstić information content (AvgIpc) is 2.79. The van der Waals surface area contributed by atoms with E-state index in [0.717, 1.165) is 5.56 Å². The number of carbonyl (C=O) groups is 3. The highest BCUT2D eigenvalue weighted by Crippen LogP contribution is 2.29. The molecular formula is C23H36N4O4S2. The normalized spacial score (nSPS) is 21.2. The first kappa shape index (κ1) is 27.5. The maximum atomic E-state index is 13.3. The number of nitrogens with one attached hydrogen (secondary N) is 2. The third kappa shape index (κ3) is 7.37. The molecule has 1 heterocycles. The number of benzene rings is 1. The Bertz CT molecular complexity index is 796. The van der Waals surface area contributed by atoms with E-state index in [1.807, 2.05) is 44.2 Å². The highest BCUT2D eigenvalue weighted by Gasteiger charge is 2.38. The van der Waals surface area contributed by atoms with Crippen LogP contribution in [-0.4, -0.2) is 96.1 Å². The zero-order valence-corrected chi connectivity index (χ0v) is 21.6. The van der Waals surface area contributed by atoms with Gasteiger partial charge in [0.05, 0.1) is 18.7 Å². The van der Waals surface area contributed by atoms with Gasteiger partial charge in [0.2, 0.25) is 17.7 Å². The minimum absolute atomic E-state index is 0.0759. The summed E-state index contributed by atoms with van der Waals surface area (Å²) < 4.78 is 0. The molecule has 3 N–H and O–H groups in total. The van der Waals surface area contributed by atoms with E-state index in [1.165, 1.54) is 31.4 Å². The molecule has 1 aromatic rings. The smallest absolute Gasteiger partial charge is 0.246 e. The summed E-state index contributed by atoms with van der Waals surface area (Å²) in [6, 6.07) is 7.43. The lowest BCUT2D eigenvalue weighted by molar-refractivity contribution is -0.147. The van der Waals surface area contributed by atoms with Crippen LogP contribution in [0.4, 0.5) is 0 Å². The molecule has 0 radical (unpaired) electrons. The molecule has 0 bridgehead atoms. The number of carbonyl (C=O) groups excluding carboxylic acids is 3. The Morgan fingerprint density at radius 3 is 2.42 bits per heavy atom. The average molecular weight is 497 g/mol. The van der Waals surface area contributed by atoms with Crippen LogP contribution < -0.4 is 10.6 Å². The summed E-state index contributed by atoms with van der Waals surface area (Å²) in [6.45, 7) is 3.71. The lowest BCUT2D eigenvalue weighted by Gasteiger charge is -2.37. The summed E-state index contributed by atoms with van der Waals surface area (Å²) in [7, 11) is 7.99. The van der Waals surface area contributed by atoms with Gasteiger partial charge in [-0.05, 0) is 24.9 Å². The third-order valence-corrected chi connectivity index (χ3v) is 8.28. The van der Waals surface area contributed by atoms with E-state index in [0.29, 0.717) is 17.9 Å². The molecule has 1 aliphatic heterocycles. The van der Waals surface area contributed by atoms with Gasteiger partial charge in [0.25, 0.3) is 0 Å². The molecule has 3 amide bonds. The van der Waals surface area contributed by atoms with Crippen LogP contribution in [0.3, 0.4) is 0 Å². The number of hydrogen-bond donors (Lipinski definition) is 3. The molecule has 1 aromatic carbocycles. The third-order valence-electron chi connectivity index (χ3n) is 5.89. The summed E-state index contributed by atoms with van der Waals surface area (Å²) in [5.74, 6) is 0.241. The fourth-order valence-corrected chi connectivity index (χ4v) is 6.34. The van der Waals surface area contributed by atoms with Crippen molar-refractivity contribution in [2.75, 3.05) is 39.3 Å². The Morgan fingerprint density at radius 2 is 1.85 bits per heavy atom. The molecule has 8 nitrogen and oxygen atoms in total. The molecule has 10 heteroatoms. The van der Waals surface area contributed by atoms with Gasteiger partial charge in [-0.15, -0.1) is 0 Å². The maximum Gasteiger partial charge on any atom is 0.246 e. The lowest BCUT2D eigenvalue weighted by Crippen LogP contribution is -2.60. The van der Waals surface area contributed by atoms with E-state index in [4.69, 9.17) is 0 Å². The summed E-state index contributed by atoms with van der Waals surface area (Å²) in [5.41, 5.74) is 1.01. The van der Waals surface area contributed by atoms with Crippen molar-refractivity contribution >= 4 is 39.3 Å². The maximum absolute atomic E-state index is 13.3. The van der Waals surface area contributed by atoms with E-state index in [1.54, 1.807) is 21.1 Å². The van der Waals surface area contributed by atoms with Crippen molar-refractivity contribution in [3.8, 4) is 0 Å². The van der Waals surface area contributed by atoms with Gasteiger partial charge in [0, 0.05) is 25.6 Å². The van der Waals surface area contributed by atoms with Crippen molar-refractivity contribution in [1.29, 1.82) is 0 Å². The molecule has 1 fully saturated rings. The lowest BCUT2D eigenvalue weighted by atomic mass is 10.0. The van der Waals surface area contributed by atoms with Crippen molar-refractivity contribution < 1.29 is 19.5 Å². The number of amides is 3. The van der Waals surface area contributed by atoms with Crippen LogP contribution in [0.1, 0.15) is 19.4 Å². The van der Waals surface area contributed by atoms with Gasteiger partial charge in [-0.1, -0.05) is 65.8 Å². The monoisotopic (exact) mass is 496 g/mol. The first-order valence-electron chi connectivity index (χ1n) is 11.1. The molecule has 1 saturated heterocycles. The minimum atomic E-state index is -0.698. The molecule has 33 heavy (non-hydrogen) atoms. The molecule has 0 saturated carbocycles. The molecule has 1 aliphatic rings. The van der Waals surface area contributed by atoms with Crippen molar-refractivity contribution in [2.45, 2.75) is 44.4 Å². The van der Waals surface area contributed by atoms with Gasteiger partial charge in [0.1, 0.15) is 12.1 Å². The highest BCUT2D eigenvalue weighted by molar-refractivity contribution is 8.76. The second kappa shape index (κ2) is 13.2. The number of aliphatic hydroxyl groups excluding tert-OH is 1. The SMILES string of the molecule is CN[C@H](C(=O)N(C)[C@H]1CSSC[C@@H](C(=O)N[C@H](CO)Cc2ccccc2)N(C)C1=O)C(C)C. The van der Waals surface area contributed by atoms with E-state index in [2.05, 4.69) is 10.6 Å². The Labute approximate surface area is 204 Å². The zero-order valence-electron chi connectivity index (χ0n) is 20.0. The van der Waals surface area contributed by atoms with Crippen molar-refractivity contribution in [1.82, 2.24) is 20.4 Å². The highest BCUT2D eigenvalue weighted by atomic mass is 33.1. The summed E-state index contributed by atoms with van der Waals surface area (Å²) >= 11 is 0. The Hall–Kier alpha value is -1.75. The Balaban J connectivity index is 2.11. The first-order valence-corrected chi connectivity index (χ1v) is 13.6. The van der Waals surface area contributed by atoms with E-state index in [9.17, 15) is 19.5 Å². The fourth-order valence-electron chi connectivity index (χ4n) is 3.80. The minimum Gasteiger partial charge on any atom is -0.394 e. The van der Waals surface area contributed by atoms with Gasteiger partial charge < -0.3 is 25.5 Å². The van der Waals surface area contributed by atoms with Crippen LogP contribution >= 0.6 is 21.6 Å². The van der Waals surface area contributed by atoms with Gasteiger partial charge >= 0.3 is 0 Å². The van der Waals surface area contributed by atoms with Gasteiger partial charge in [-0.2, -0.15) is 0 Å². The molecule has 2 rings (SSSR count). The van der Waals surface area contributed by atoms with E-state index in [-0.39, 0.29) is 30.2 Å². The number of nitrogens with zero attached hydrogens (tertiary/aromatic N) is 2. The predicted octanol–water partition coefficient (Wildman–Crippen LogP) is 0.999. The Morgan fingerprint density at radius 1 is 1.21 bits per heavy atom. The Kier molecular flexibility index (Phi) is 11.0. The standard InChI is InChI=1S/C23H36N4O4S2/c1-15(2)20(24-3)23(31)27(5)19-14-33-32-13-18(26(4)22(19)30)21(29)25-17(12-28)11-16-9-7-6-8-10-16/h6-10,15,17-20,24,28H,11-14H2,1-5H3,(H,25,29)/t17-,18-,19-,20-/m0/s1. The van der Waals surface area contributed by atoms with E-state index >= 15 is 0 Å².